The molecule has 0 fully saturated rings. The number of nitrogens with one attached hydrogen (secondary N) is 2. The molecule has 0 radical (unpaired) electrons. The predicted molar refractivity (Wildman–Crippen MR) is 82.9 cm³/mol. The van der Waals surface area contributed by atoms with Gasteiger partial charge in [0, 0.05) is 6.42 Å². The Morgan fingerprint density at radius 1 is 1.18 bits per heavy atom. The van der Waals surface area contributed by atoms with Crippen molar-refractivity contribution < 1.29 is 40.6 Å². The highest BCUT2D eigenvalue weighted by atomic mass is 19.4. The van der Waals surface area contributed by atoms with Gasteiger partial charge >= 0.3 is 12.4 Å². The van der Waals surface area contributed by atoms with Gasteiger partial charge in [-0.1, -0.05) is 6.07 Å². The van der Waals surface area contributed by atoms with E-state index in [9.17, 15) is 31.1 Å². The topological polar surface area (TPSA) is 89.1 Å². The first-order valence-corrected chi connectivity index (χ1v) is 7.64. The lowest BCUT2D eigenvalue weighted by Crippen LogP contribution is -2.19. The van der Waals surface area contributed by atoms with Gasteiger partial charge < -0.3 is 9.47 Å². The maximum Gasteiger partial charge on any atom is 0.451 e. The van der Waals surface area contributed by atoms with Gasteiger partial charge in [0.25, 0.3) is 0 Å². The molecule has 0 bridgehead atoms. The van der Waals surface area contributed by atoms with Crippen molar-refractivity contribution in [3.63, 3.8) is 0 Å². The van der Waals surface area contributed by atoms with Crippen molar-refractivity contribution in [2.45, 2.75) is 25.2 Å². The van der Waals surface area contributed by atoms with E-state index in [0.717, 1.165) is 0 Å². The SMILES string of the molecule is COc1cc(CCC(=O)Nc2n[nH]c(C(F)(F)F)n2)ccc1OCC(F)(F)F. The number of aryl methyl sites for hydroxylation is 1. The second kappa shape index (κ2) is 8.35. The summed E-state index contributed by atoms with van der Waals surface area (Å²) in [5.74, 6) is -2.59. The molecule has 0 atom stereocenters. The molecule has 1 amide bonds. The molecule has 2 aromatic rings. The van der Waals surface area contributed by atoms with Gasteiger partial charge in [0.05, 0.1) is 7.11 Å². The first kappa shape index (κ1) is 21.3. The lowest BCUT2D eigenvalue weighted by molar-refractivity contribution is -0.153. The van der Waals surface area contributed by atoms with E-state index in [2.05, 4.69) is 20.1 Å². The van der Waals surface area contributed by atoms with Crippen LogP contribution in [0.4, 0.5) is 32.3 Å². The number of aromatic amines is 1. The van der Waals surface area contributed by atoms with Gasteiger partial charge in [-0.15, -0.1) is 5.10 Å². The van der Waals surface area contributed by atoms with Crippen molar-refractivity contribution >= 4 is 11.9 Å². The number of benzene rings is 1. The molecule has 0 saturated carbocycles. The highest BCUT2D eigenvalue weighted by molar-refractivity contribution is 5.89. The van der Waals surface area contributed by atoms with Crippen molar-refractivity contribution in [3.8, 4) is 11.5 Å². The number of carbonyl (C=O) groups excluding carboxylic acids is 1. The minimum Gasteiger partial charge on any atom is -0.493 e. The lowest BCUT2D eigenvalue weighted by Gasteiger charge is -2.13. The maximum atomic E-state index is 12.4. The number of hydrogen-bond donors (Lipinski definition) is 2. The Balaban J connectivity index is 1.92. The molecule has 0 aliphatic heterocycles. The van der Waals surface area contributed by atoms with Gasteiger partial charge in [0.2, 0.25) is 17.7 Å². The Morgan fingerprint density at radius 2 is 1.89 bits per heavy atom. The van der Waals surface area contributed by atoms with Gasteiger partial charge in [-0.25, -0.2) is 0 Å². The molecule has 28 heavy (non-hydrogen) atoms. The molecule has 1 heterocycles. The first-order chi connectivity index (χ1) is 13.0. The van der Waals surface area contributed by atoms with Crippen LogP contribution in [0.15, 0.2) is 18.2 Å². The average molecular weight is 412 g/mol. The zero-order chi connectivity index (χ0) is 20.9. The normalized spacial score (nSPS) is 12.0. The summed E-state index contributed by atoms with van der Waals surface area (Å²) < 4.78 is 83.5. The van der Waals surface area contributed by atoms with E-state index in [1.807, 2.05) is 0 Å². The fraction of sp³-hybridized carbons (Fsp3) is 0.400. The van der Waals surface area contributed by atoms with Gasteiger partial charge in [-0.05, 0) is 24.1 Å². The molecular weight excluding hydrogens is 398 g/mol. The van der Waals surface area contributed by atoms with Gasteiger partial charge in [0.15, 0.2) is 18.1 Å². The Bertz CT molecular complexity index is 819. The lowest BCUT2D eigenvalue weighted by atomic mass is 10.1. The smallest absolute Gasteiger partial charge is 0.451 e. The molecule has 0 saturated heterocycles. The van der Waals surface area contributed by atoms with Crippen LogP contribution in [0.3, 0.4) is 0 Å². The zero-order valence-electron chi connectivity index (χ0n) is 14.2. The third kappa shape index (κ3) is 6.32. The van der Waals surface area contributed by atoms with Crippen LogP contribution in [-0.2, 0) is 17.4 Å². The zero-order valence-corrected chi connectivity index (χ0v) is 14.2. The standard InChI is InChI=1S/C15H14F6N4O3/c1-27-10-6-8(2-4-9(10)28-7-14(16,17)18)3-5-11(26)22-13-23-12(24-25-13)15(19,20)21/h2,4,6H,3,5,7H2,1H3,(H2,22,23,24,25,26). The van der Waals surface area contributed by atoms with Crippen LogP contribution in [0.1, 0.15) is 17.8 Å². The minimum atomic E-state index is -4.72. The van der Waals surface area contributed by atoms with E-state index in [0.29, 0.717) is 5.56 Å². The van der Waals surface area contributed by atoms with Crippen LogP contribution in [0.5, 0.6) is 11.5 Å². The van der Waals surface area contributed by atoms with Crippen LogP contribution in [0.2, 0.25) is 0 Å². The van der Waals surface area contributed by atoms with Gasteiger partial charge in [-0.2, -0.15) is 31.3 Å². The second-order valence-corrected chi connectivity index (χ2v) is 5.44. The molecule has 0 unspecified atom stereocenters. The van der Waals surface area contributed by atoms with Crippen molar-refractivity contribution in [2.24, 2.45) is 0 Å². The Morgan fingerprint density at radius 3 is 2.46 bits per heavy atom. The molecule has 1 aromatic heterocycles. The summed E-state index contributed by atoms with van der Waals surface area (Å²) in [5.41, 5.74) is 0.539. The Hall–Kier alpha value is -2.99. The van der Waals surface area contributed by atoms with E-state index in [1.165, 1.54) is 25.3 Å². The van der Waals surface area contributed by atoms with E-state index in [1.54, 1.807) is 5.10 Å². The summed E-state index contributed by atoms with van der Waals surface area (Å²) in [6.07, 6.45) is -9.23. The summed E-state index contributed by atoms with van der Waals surface area (Å²) in [6.45, 7) is -1.48. The maximum absolute atomic E-state index is 12.4. The van der Waals surface area contributed by atoms with Crippen molar-refractivity contribution in [1.82, 2.24) is 15.2 Å². The third-order valence-corrected chi connectivity index (χ3v) is 3.27. The largest absolute Gasteiger partial charge is 0.493 e. The van der Waals surface area contributed by atoms with E-state index in [4.69, 9.17) is 4.74 Å². The van der Waals surface area contributed by atoms with Crippen molar-refractivity contribution in [2.75, 3.05) is 19.0 Å². The van der Waals surface area contributed by atoms with Crippen LogP contribution in [0.25, 0.3) is 0 Å². The molecule has 2 N–H and O–H groups in total. The predicted octanol–water partition coefficient (Wildman–Crippen LogP) is 3.34. The molecule has 0 spiro atoms. The quantitative estimate of drug-likeness (QED) is 0.681. The van der Waals surface area contributed by atoms with Crippen LogP contribution in [-0.4, -0.2) is 41.0 Å². The molecule has 0 aliphatic rings. The molecule has 154 valence electrons. The molecule has 1 aromatic carbocycles. The van der Waals surface area contributed by atoms with Gasteiger partial charge in [-0.3, -0.25) is 15.2 Å². The number of rotatable bonds is 7. The Kier molecular flexibility index (Phi) is 6.36. The molecule has 7 nitrogen and oxygen atoms in total. The van der Waals surface area contributed by atoms with Crippen LogP contribution < -0.4 is 14.8 Å². The molecule has 0 aliphatic carbocycles. The summed E-state index contributed by atoms with van der Waals surface area (Å²) in [6, 6.07) is 4.10. The number of halogens is 6. The number of alkyl halides is 6. The number of nitrogens with zero attached hydrogens (tertiary/aromatic N) is 2. The third-order valence-electron chi connectivity index (χ3n) is 3.27. The molecule has 2 rings (SSSR count). The number of amides is 1. The number of methoxy groups -OCH3 is 1. The van der Waals surface area contributed by atoms with E-state index in [-0.39, 0.29) is 24.3 Å². The fourth-order valence-corrected chi connectivity index (χ4v) is 2.04. The van der Waals surface area contributed by atoms with E-state index < -0.39 is 36.6 Å². The van der Waals surface area contributed by atoms with Crippen LogP contribution in [0, 0.1) is 0 Å². The minimum absolute atomic E-state index is 0.0472. The van der Waals surface area contributed by atoms with Crippen molar-refractivity contribution in [3.05, 3.63) is 29.6 Å². The van der Waals surface area contributed by atoms with Gasteiger partial charge in [0.1, 0.15) is 0 Å². The first-order valence-electron chi connectivity index (χ1n) is 7.64. The Labute approximate surface area is 154 Å². The summed E-state index contributed by atoms with van der Waals surface area (Å²) >= 11 is 0. The summed E-state index contributed by atoms with van der Waals surface area (Å²) in [7, 11) is 1.24. The molecule has 13 heteroatoms. The monoisotopic (exact) mass is 412 g/mol. The average Bonchev–Trinajstić information content (AvgIpc) is 3.06. The number of carbonyl (C=O) groups is 1. The summed E-state index contributed by atoms with van der Waals surface area (Å²) in [4.78, 5) is 14.9. The number of hydrogen-bond acceptors (Lipinski definition) is 5. The van der Waals surface area contributed by atoms with Crippen LogP contribution >= 0.6 is 0 Å². The number of ether oxygens (including phenoxy) is 2. The highest BCUT2D eigenvalue weighted by Crippen LogP contribution is 2.30. The summed E-state index contributed by atoms with van der Waals surface area (Å²) in [5, 5.41) is 7.01. The van der Waals surface area contributed by atoms with E-state index >= 15 is 0 Å². The fourth-order valence-electron chi connectivity index (χ4n) is 2.04. The number of anilines is 1. The second-order valence-electron chi connectivity index (χ2n) is 5.44. The van der Waals surface area contributed by atoms with Crippen molar-refractivity contribution in [1.29, 1.82) is 0 Å². The number of aromatic nitrogens is 3. The molecular formula is C15H14F6N4O3. The highest BCUT2D eigenvalue weighted by Gasteiger charge is 2.35. The number of H-pyrrole nitrogens is 1.